The van der Waals surface area contributed by atoms with Crippen molar-refractivity contribution in [3.63, 3.8) is 0 Å². The molecule has 1 heterocycles. The number of hydrogen-bond donors (Lipinski definition) is 1. The molecule has 0 aliphatic heterocycles. The summed E-state index contributed by atoms with van der Waals surface area (Å²) in [7, 11) is 0. The smallest absolute Gasteiger partial charge is 0.0704 e. The molecule has 0 aliphatic carbocycles. The summed E-state index contributed by atoms with van der Waals surface area (Å²) in [6.07, 6.45) is 8.02. The van der Waals surface area contributed by atoms with E-state index >= 15 is 0 Å². The van der Waals surface area contributed by atoms with Gasteiger partial charge in [-0.15, -0.1) is 0 Å². The molecule has 2 heteroatoms. The summed E-state index contributed by atoms with van der Waals surface area (Å²) >= 11 is 0. The topological polar surface area (TPSA) is 24.9 Å². The van der Waals surface area contributed by atoms with Crippen molar-refractivity contribution >= 4 is 5.70 Å². The van der Waals surface area contributed by atoms with Gasteiger partial charge in [-0.3, -0.25) is 4.98 Å². The monoisotopic (exact) mass is 304 g/mol. The molecule has 0 saturated carbocycles. The highest BCUT2D eigenvalue weighted by atomic mass is 14.9. The van der Waals surface area contributed by atoms with Gasteiger partial charge in [-0.1, -0.05) is 54.6 Å². The second-order valence-electron chi connectivity index (χ2n) is 5.67. The van der Waals surface area contributed by atoms with Crippen molar-refractivity contribution in [2.45, 2.75) is 20.8 Å². The Kier molecular flexibility index (Phi) is 5.93. The minimum Gasteiger partial charge on any atom is -0.381 e. The van der Waals surface area contributed by atoms with Gasteiger partial charge < -0.3 is 5.32 Å². The van der Waals surface area contributed by atoms with Crippen molar-refractivity contribution in [2.75, 3.05) is 6.54 Å². The Labute approximate surface area is 139 Å². The molecule has 0 amide bonds. The first-order chi connectivity index (χ1) is 11.1. The van der Waals surface area contributed by atoms with Crippen LogP contribution in [0.1, 0.15) is 25.0 Å². The molecule has 1 aromatic carbocycles. The normalized spacial score (nSPS) is 11.7. The first-order valence-electron chi connectivity index (χ1n) is 7.85. The Morgan fingerprint density at radius 1 is 1.22 bits per heavy atom. The fourth-order valence-corrected chi connectivity index (χ4v) is 2.20. The lowest BCUT2D eigenvalue weighted by molar-refractivity contribution is 0.958. The van der Waals surface area contributed by atoms with Crippen molar-refractivity contribution in [3.8, 4) is 11.3 Å². The highest BCUT2D eigenvalue weighted by Crippen LogP contribution is 2.20. The fraction of sp³-hybridized carbons (Fsp3) is 0.190. The summed E-state index contributed by atoms with van der Waals surface area (Å²) in [4.78, 5) is 4.42. The van der Waals surface area contributed by atoms with Crippen molar-refractivity contribution in [1.29, 1.82) is 0 Å². The molecular formula is C21H24N2. The van der Waals surface area contributed by atoms with Crippen LogP contribution >= 0.6 is 0 Å². The summed E-state index contributed by atoms with van der Waals surface area (Å²) in [6, 6.07) is 12.4. The zero-order valence-corrected chi connectivity index (χ0v) is 14.1. The van der Waals surface area contributed by atoms with Gasteiger partial charge in [0.1, 0.15) is 0 Å². The molecule has 0 bridgehead atoms. The van der Waals surface area contributed by atoms with Crippen molar-refractivity contribution in [1.82, 2.24) is 10.3 Å². The van der Waals surface area contributed by atoms with E-state index in [0.717, 1.165) is 29.1 Å². The largest absolute Gasteiger partial charge is 0.381 e. The fourth-order valence-electron chi connectivity index (χ4n) is 2.20. The molecule has 118 valence electrons. The number of hydrogen-bond acceptors (Lipinski definition) is 2. The molecule has 0 aliphatic rings. The molecule has 0 saturated heterocycles. The van der Waals surface area contributed by atoms with Crippen molar-refractivity contribution in [3.05, 3.63) is 84.1 Å². The quantitative estimate of drug-likeness (QED) is 0.747. The Morgan fingerprint density at radius 3 is 2.61 bits per heavy atom. The minimum absolute atomic E-state index is 0.796. The van der Waals surface area contributed by atoms with E-state index in [1.165, 1.54) is 11.1 Å². The van der Waals surface area contributed by atoms with Gasteiger partial charge in [0.2, 0.25) is 0 Å². The molecule has 0 unspecified atom stereocenters. The predicted octanol–water partition coefficient (Wildman–Crippen LogP) is 5.14. The zero-order valence-electron chi connectivity index (χ0n) is 14.1. The third-order valence-corrected chi connectivity index (χ3v) is 3.60. The average Bonchev–Trinajstić information content (AvgIpc) is 2.58. The van der Waals surface area contributed by atoms with E-state index in [9.17, 15) is 0 Å². The maximum Gasteiger partial charge on any atom is 0.0704 e. The first-order valence-corrected chi connectivity index (χ1v) is 7.85. The lowest BCUT2D eigenvalue weighted by Crippen LogP contribution is -2.13. The highest BCUT2D eigenvalue weighted by Gasteiger charge is 2.02. The maximum absolute atomic E-state index is 4.42. The van der Waals surface area contributed by atoms with Gasteiger partial charge in [0.25, 0.3) is 0 Å². The van der Waals surface area contributed by atoms with E-state index < -0.39 is 0 Å². The number of allylic oxidation sites excluding steroid dienone is 3. The number of nitrogens with zero attached hydrogens (tertiary/aromatic N) is 1. The van der Waals surface area contributed by atoms with Crippen LogP contribution in [0, 0.1) is 6.92 Å². The molecule has 2 nitrogen and oxygen atoms in total. The minimum atomic E-state index is 0.796. The molecule has 23 heavy (non-hydrogen) atoms. The molecule has 0 spiro atoms. The van der Waals surface area contributed by atoms with E-state index in [2.05, 4.69) is 67.1 Å². The van der Waals surface area contributed by atoms with Gasteiger partial charge in [0, 0.05) is 24.0 Å². The number of aromatic nitrogens is 1. The van der Waals surface area contributed by atoms with Gasteiger partial charge >= 0.3 is 0 Å². The van der Waals surface area contributed by atoms with Crippen LogP contribution < -0.4 is 5.32 Å². The van der Waals surface area contributed by atoms with Crippen molar-refractivity contribution < 1.29 is 0 Å². The molecule has 0 radical (unpaired) electrons. The number of pyridine rings is 1. The summed E-state index contributed by atoms with van der Waals surface area (Å²) in [5.41, 5.74) is 6.63. The second-order valence-corrected chi connectivity index (χ2v) is 5.67. The maximum atomic E-state index is 4.42. The third kappa shape index (κ3) is 4.96. The molecule has 0 atom stereocenters. The Bertz CT molecular complexity index is 722. The van der Waals surface area contributed by atoms with Crippen LogP contribution in [0.25, 0.3) is 17.0 Å². The summed E-state index contributed by atoms with van der Waals surface area (Å²) in [5.74, 6) is 0. The van der Waals surface area contributed by atoms with E-state index in [1.807, 2.05) is 31.3 Å². The lowest BCUT2D eigenvalue weighted by atomic mass is 10.1. The number of benzene rings is 1. The van der Waals surface area contributed by atoms with Crippen molar-refractivity contribution in [2.24, 2.45) is 0 Å². The SMILES string of the molecule is C=C(NC/C(C)=C/C=C\C)c1ccc(-c2cc(C)ccn2)cc1. The lowest BCUT2D eigenvalue weighted by Gasteiger charge is -2.11. The molecule has 0 fully saturated rings. The second kappa shape index (κ2) is 8.14. The van der Waals surface area contributed by atoms with Crippen LogP contribution in [0.2, 0.25) is 0 Å². The van der Waals surface area contributed by atoms with Gasteiger partial charge in [-0.05, 0) is 44.0 Å². The van der Waals surface area contributed by atoms with Gasteiger partial charge in [-0.25, -0.2) is 0 Å². The van der Waals surface area contributed by atoms with Crippen LogP contribution in [0.5, 0.6) is 0 Å². The van der Waals surface area contributed by atoms with Crippen LogP contribution in [-0.2, 0) is 0 Å². The van der Waals surface area contributed by atoms with E-state index in [0.29, 0.717) is 0 Å². The number of rotatable bonds is 6. The highest BCUT2D eigenvalue weighted by molar-refractivity contribution is 5.67. The Morgan fingerprint density at radius 2 is 1.96 bits per heavy atom. The average molecular weight is 304 g/mol. The zero-order chi connectivity index (χ0) is 16.7. The third-order valence-electron chi connectivity index (χ3n) is 3.60. The van der Waals surface area contributed by atoms with Gasteiger partial charge in [-0.2, -0.15) is 0 Å². The molecule has 1 N–H and O–H groups in total. The van der Waals surface area contributed by atoms with Crippen LogP contribution in [0.15, 0.2) is 73.0 Å². The Hall–Kier alpha value is -2.61. The Balaban J connectivity index is 2.03. The number of aryl methyl sites for hydroxylation is 1. The van der Waals surface area contributed by atoms with Gasteiger partial charge in [0.15, 0.2) is 0 Å². The van der Waals surface area contributed by atoms with Gasteiger partial charge in [0.05, 0.1) is 5.69 Å². The van der Waals surface area contributed by atoms with E-state index in [1.54, 1.807) is 0 Å². The molecule has 2 aromatic rings. The van der Waals surface area contributed by atoms with E-state index in [4.69, 9.17) is 0 Å². The molecule has 1 aromatic heterocycles. The van der Waals surface area contributed by atoms with Crippen LogP contribution in [-0.4, -0.2) is 11.5 Å². The molecule has 2 rings (SSSR count). The van der Waals surface area contributed by atoms with Crippen LogP contribution in [0.3, 0.4) is 0 Å². The number of nitrogens with one attached hydrogen (secondary N) is 1. The standard InChI is InChI=1S/C21H24N2/c1-5-6-7-17(3)15-23-18(4)19-8-10-20(11-9-19)21-14-16(2)12-13-22-21/h5-14,23H,4,15H2,1-3H3/b6-5-,17-7+. The summed E-state index contributed by atoms with van der Waals surface area (Å²) < 4.78 is 0. The molecular weight excluding hydrogens is 280 g/mol. The summed E-state index contributed by atoms with van der Waals surface area (Å²) in [5, 5.41) is 3.36. The first kappa shape index (κ1) is 16.8. The van der Waals surface area contributed by atoms with E-state index in [-0.39, 0.29) is 0 Å². The van der Waals surface area contributed by atoms with Crippen LogP contribution in [0.4, 0.5) is 0 Å². The predicted molar refractivity (Wildman–Crippen MR) is 100 cm³/mol. The summed E-state index contributed by atoms with van der Waals surface area (Å²) in [6.45, 7) is 11.1.